The maximum Gasteiger partial charge on any atom is 0.0571 e. The molecule has 0 radical (unpaired) electrons. The molecule has 9 aromatic rings. The van der Waals surface area contributed by atoms with E-state index in [0.29, 0.717) is 0 Å². The van der Waals surface area contributed by atoms with Gasteiger partial charge >= 0.3 is 0 Å². The Balaban J connectivity index is 1.15. The van der Waals surface area contributed by atoms with Crippen LogP contribution in [0.2, 0.25) is 0 Å². The average molecular weight is 675 g/mol. The topological polar surface area (TPSA) is 17.8 Å². The summed E-state index contributed by atoms with van der Waals surface area (Å²) in [6, 6.07) is 58.3. The highest BCUT2D eigenvalue weighted by atomic mass is 15.0. The van der Waals surface area contributed by atoms with Gasteiger partial charge in [0.25, 0.3) is 0 Å². The standard InChI is InChI=1S/C51H34N2/c1-2-14-41(15-3-1)53-48-25-23-38(30-45(48)47-32-52-27-26-49(47)53)37-22-24-44-46(31-37)51(40-21-19-34-11-5-7-13-36(34)29-40)43-17-9-8-16-42(43)50(44)39-20-18-33-10-4-6-12-35(33)28-39/h1-32,42,50H. The van der Waals surface area contributed by atoms with Crippen LogP contribution in [0.15, 0.2) is 200 Å². The molecule has 2 unspecified atom stereocenters. The first-order valence-electron chi connectivity index (χ1n) is 18.4. The van der Waals surface area contributed by atoms with Crippen LogP contribution in [0.25, 0.3) is 65.7 Å². The third-order valence-corrected chi connectivity index (χ3v) is 11.5. The normalized spacial score (nSPS) is 16.5. The quantitative estimate of drug-likeness (QED) is 0.182. The number of rotatable bonds is 4. The molecule has 2 aliphatic carbocycles. The number of fused-ring (bicyclic) bond motifs is 7. The number of allylic oxidation sites excluding steroid dienone is 5. The third kappa shape index (κ3) is 4.76. The number of benzene rings is 7. The van der Waals surface area contributed by atoms with Gasteiger partial charge in [0.05, 0.1) is 11.0 Å². The fraction of sp³-hybridized carbons (Fsp3) is 0.0392. The van der Waals surface area contributed by atoms with Crippen LogP contribution in [-0.4, -0.2) is 9.55 Å². The second kappa shape index (κ2) is 11.9. The van der Waals surface area contributed by atoms with E-state index in [9.17, 15) is 0 Å². The van der Waals surface area contributed by atoms with Gasteiger partial charge in [0.2, 0.25) is 0 Å². The SMILES string of the molecule is C1=CC2=C(c3ccc4ccccc4c3)c3cc(-c4ccc5c(c4)c4cnccc4n5-c4ccccc4)ccc3C(c3ccc4ccccc4c3)C2C=C1. The Morgan fingerprint density at radius 1 is 0.509 bits per heavy atom. The zero-order valence-electron chi connectivity index (χ0n) is 29.0. The summed E-state index contributed by atoms with van der Waals surface area (Å²) in [7, 11) is 0. The fourth-order valence-corrected chi connectivity index (χ4v) is 9.03. The smallest absolute Gasteiger partial charge is 0.0571 e. The number of hydrogen-bond donors (Lipinski definition) is 0. The monoisotopic (exact) mass is 674 g/mol. The van der Waals surface area contributed by atoms with Crippen molar-refractivity contribution in [2.24, 2.45) is 5.92 Å². The second-order valence-electron chi connectivity index (χ2n) is 14.3. The van der Waals surface area contributed by atoms with Crippen molar-refractivity contribution in [1.29, 1.82) is 0 Å². The minimum Gasteiger partial charge on any atom is -0.309 e. The maximum absolute atomic E-state index is 4.56. The summed E-state index contributed by atoms with van der Waals surface area (Å²) in [5.74, 6) is 0.399. The number of aromatic nitrogens is 2. The van der Waals surface area contributed by atoms with Gasteiger partial charge in [0.1, 0.15) is 0 Å². The van der Waals surface area contributed by atoms with Gasteiger partial charge in [-0.2, -0.15) is 0 Å². The first-order valence-corrected chi connectivity index (χ1v) is 18.4. The molecule has 0 saturated carbocycles. The largest absolute Gasteiger partial charge is 0.309 e. The van der Waals surface area contributed by atoms with E-state index in [1.54, 1.807) is 0 Å². The predicted octanol–water partition coefficient (Wildman–Crippen LogP) is 12.8. The zero-order valence-corrected chi connectivity index (χ0v) is 29.0. The Hall–Kier alpha value is -6.77. The minimum atomic E-state index is 0.182. The zero-order chi connectivity index (χ0) is 34.9. The Labute approximate surface area is 308 Å². The molecule has 2 aromatic heterocycles. The van der Waals surface area contributed by atoms with Crippen molar-refractivity contribution in [2.45, 2.75) is 5.92 Å². The molecule has 0 bridgehead atoms. The molecule has 2 heteroatoms. The van der Waals surface area contributed by atoms with Gasteiger partial charge in [-0.15, -0.1) is 0 Å². The Bertz CT molecular complexity index is 3010. The number of hydrogen-bond acceptors (Lipinski definition) is 1. The van der Waals surface area contributed by atoms with Gasteiger partial charge < -0.3 is 4.57 Å². The fourth-order valence-electron chi connectivity index (χ4n) is 9.03. The molecule has 11 rings (SSSR count). The molecule has 0 saturated heterocycles. The molecule has 2 atom stereocenters. The van der Waals surface area contributed by atoms with Gasteiger partial charge in [-0.1, -0.05) is 140 Å². The summed E-state index contributed by atoms with van der Waals surface area (Å²) in [5, 5.41) is 7.43. The lowest BCUT2D eigenvalue weighted by Gasteiger charge is -2.37. The summed E-state index contributed by atoms with van der Waals surface area (Å²) in [5.41, 5.74) is 13.9. The van der Waals surface area contributed by atoms with Crippen LogP contribution in [0.3, 0.4) is 0 Å². The highest BCUT2D eigenvalue weighted by molar-refractivity contribution is 6.10. The summed E-state index contributed by atoms with van der Waals surface area (Å²) in [6.45, 7) is 0. The first-order chi connectivity index (χ1) is 26.3. The van der Waals surface area contributed by atoms with Crippen molar-refractivity contribution in [3.63, 3.8) is 0 Å². The van der Waals surface area contributed by atoms with E-state index in [0.717, 1.165) is 16.6 Å². The van der Waals surface area contributed by atoms with E-state index in [2.05, 4.69) is 192 Å². The van der Waals surface area contributed by atoms with E-state index in [1.807, 2.05) is 12.4 Å². The average Bonchev–Trinajstić information content (AvgIpc) is 3.56. The number of pyridine rings is 1. The molecule has 0 aliphatic heterocycles. The summed E-state index contributed by atoms with van der Waals surface area (Å²) in [6.07, 6.45) is 13.1. The number of para-hydroxylation sites is 1. The Morgan fingerprint density at radius 3 is 2.06 bits per heavy atom. The van der Waals surface area contributed by atoms with Crippen molar-refractivity contribution in [1.82, 2.24) is 9.55 Å². The third-order valence-electron chi connectivity index (χ3n) is 11.5. The summed E-state index contributed by atoms with van der Waals surface area (Å²) < 4.78 is 2.35. The molecular weight excluding hydrogens is 641 g/mol. The molecule has 0 amide bonds. The van der Waals surface area contributed by atoms with Crippen LogP contribution in [0.4, 0.5) is 0 Å². The number of nitrogens with zero attached hydrogens (tertiary/aromatic N) is 2. The molecule has 7 aromatic carbocycles. The molecule has 248 valence electrons. The van der Waals surface area contributed by atoms with Gasteiger partial charge in [-0.3, -0.25) is 4.98 Å². The van der Waals surface area contributed by atoms with Crippen molar-refractivity contribution < 1.29 is 0 Å². The summed E-state index contributed by atoms with van der Waals surface area (Å²) >= 11 is 0. The lowest BCUT2D eigenvalue weighted by molar-refractivity contribution is 0.649. The molecular formula is C51H34N2. The maximum atomic E-state index is 4.56. The lowest BCUT2D eigenvalue weighted by Crippen LogP contribution is -2.23. The minimum absolute atomic E-state index is 0.182. The lowest BCUT2D eigenvalue weighted by atomic mass is 9.66. The predicted molar refractivity (Wildman–Crippen MR) is 222 cm³/mol. The van der Waals surface area contributed by atoms with E-state index >= 15 is 0 Å². The van der Waals surface area contributed by atoms with Crippen LogP contribution in [-0.2, 0) is 0 Å². The van der Waals surface area contributed by atoms with E-state index in [1.165, 1.54) is 77.0 Å². The van der Waals surface area contributed by atoms with Crippen molar-refractivity contribution >= 4 is 48.9 Å². The molecule has 2 aliphatic rings. The molecule has 2 heterocycles. The van der Waals surface area contributed by atoms with Crippen molar-refractivity contribution in [3.05, 3.63) is 222 Å². The van der Waals surface area contributed by atoms with Crippen LogP contribution in [0.5, 0.6) is 0 Å². The van der Waals surface area contributed by atoms with Crippen LogP contribution in [0, 0.1) is 5.92 Å². The highest BCUT2D eigenvalue weighted by Gasteiger charge is 2.36. The van der Waals surface area contributed by atoms with Crippen molar-refractivity contribution in [3.8, 4) is 16.8 Å². The second-order valence-corrected chi connectivity index (χ2v) is 14.3. The van der Waals surface area contributed by atoms with Gasteiger partial charge in [-0.25, -0.2) is 0 Å². The molecule has 0 fully saturated rings. The van der Waals surface area contributed by atoms with E-state index in [4.69, 9.17) is 0 Å². The van der Waals surface area contributed by atoms with Gasteiger partial charge in [0.15, 0.2) is 0 Å². The van der Waals surface area contributed by atoms with Crippen molar-refractivity contribution in [2.75, 3.05) is 0 Å². The van der Waals surface area contributed by atoms with Gasteiger partial charge in [-0.05, 0) is 109 Å². The van der Waals surface area contributed by atoms with E-state index in [-0.39, 0.29) is 11.8 Å². The van der Waals surface area contributed by atoms with Crippen LogP contribution >= 0.6 is 0 Å². The molecule has 53 heavy (non-hydrogen) atoms. The molecule has 0 N–H and O–H groups in total. The highest BCUT2D eigenvalue weighted by Crippen LogP contribution is 2.51. The van der Waals surface area contributed by atoms with Crippen LogP contribution in [0.1, 0.15) is 28.2 Å². The molecule has 0 spiro atoms. The Morgan fingerprint density at radius 2 is 1.21 bits per heavy atom. The molecule has 2 nitrogen and oxygen atoms in total. The van der Waals surface area contributed by atoms with Gasteiger partial charge in [0, 0.05) is 40.7 Å². The summed E-state index contributed by atoms with van der Waals surface area (Å²) in [4.78, 5) is 4.56. The first kappa shape index (κ1) is 29.9. The van der Waals surface area contributed by atoms with E-state index < -0.39 is 0 Å². The Kier molecular flexibility index (Phi) is 6.72. The van der Waals surface area contributed by atoms with Crippen LogP contribution < -0.4 is 0 Å².